The third kappa shape index (κ3) is 3.62. The summed E-state index contributed by atoms with van der Waals surface area (Å²) in [5.74, 6) is 0.214. The number of benzene rings is 1. The molecular weight excluding hydrogens is 382 g/mol. The van der Waals surface area contributed by atoms with Gasteiger partial charge in [-0.3, -0.25) is 4.79 Å². The van der Waals surface area contributed by atoms with E-state index in [0.29, 0.717) is 23.6 Å². The number of aromatic amines is 1. The number of carbonyl (C=O) groups is 1. The van der Waals surface area contributed by atoms with Gasteiger partial charge in [0.2, 0.25) is 11.2 Å². The molecule has 0 bridgehead atoms. The Balaban J connectivity index is 1.48. The molecule has 0 fully saturated rings. The van der Waals surface area contributed by atoms with Gasteiger partial charge in [0.15, 0.2) is 11.5 Å². The SMILES string of the molecule is COCCn1ccc2c(NC(=O)CNc3nc(Cl)nc4nc[nH]c34)cccc21. The van der Waals surface area contributed by atoms with Crippen LogP contribution >= 0.6 is 11.6 Å². The summed E-state index contributed by atoms with van der Waals surface area (Å²) < 4.78 is 7.23. The highest BCUT2D eigenvalue weighted by Crippen LogP contribution is 2.25. The first kappa shape index (κ1) is 18.2. The van der Waals surface area contributed by atoms with Gasteiger partial charge in [-0.05, 0) is 29.8 Å². The van der Waals surface area contributed by atoms with Crippen molar-refractivity contribution in [2.45, 2.75) is 6.54 Å². The number of nitrogens with zero attached hydrogens (tertiary/aromatic N) is 4. The van der Waals surface area contributed by atoms with Gasteiger partial charge >= 0.3 is 0 Å². The maximum Gasteiger partial charge on any atom is 0.243 e. The van der Waals surface area contributed by atoms with Crippen LogP contribution in [0.3, 0.4) is 0 Å². The number of aromatic nitrogens is 5. The molecule has 3 N–H and O–H groups in total. The summed E-state index contributed by atoms with van der Waals surface area (Å²) in [4.78, 5) is 27.6. The van der Waals surface area contributed by atoms with Crippen LogP contribution < -0.4 is 10.6 Å². The number of ether oxygens (including phenoxy) is 1. The molecule has 0 radical (unpaired) electrons. The summed E-state index contributed by atoms with van der Waals surface area (Å²) in [6.07, 6.45) is 3.48. The zero-order chi connectivity index (χ0) is 19.5. The van der Waals surface area contributed by atoms with Crippen LogP contribution in [0.4, 0.5) is 11.5 Å². The Bertz CT molecular complexity index is 1140. The Morgan fingerprint density at radius 1 is 1.32 bits per heavy atom. The maximum atomic E-state index is 12.5. The zero-order valence-electron chi connectivity index (χ0n) is 15.1. The van der Waals surface area contributed by atoms with E-state index in [1.165, 1.54) is 6.33 Å². The molecule has 10 heteroatoms. The van der Waals surface area contributed by atoms with Crippen molar-refractivity contribution in [3.63, 3.8) is 0 Å². The number of hydrogen-bond donors (Lipinski definition) is 3. The molecule has 0 aliphatic carbocycles. The fourth-order valence-corrected chi connectivity index (χ4v) is 3.17. The smallest absolute Gasteiger partial charge is 0.243 e. The van der Waals surface area contributed by atoms with E-state index in [1.807, 2.05) is 30.5 Å². The first-order valence-electron chi connectivity index (χ1n) is 8.63. The largest absolute Gasteiger partial charge is 0.383 e. The van der Waals surface area contributed by atoms with Crippen LogP contribution in [-0.2, 0) is 16.1 Å². The number of rotatable bonds is 7. The van der Waals surface area contributed by atoms with Gasteiger partial charge in [-0.2, -0.15) is 9.97 Å². The predicted octanol–water partition coefficient (Wildman–Crippen LogP) is 2.66. The Kier molecular flexibility index (Phi) is 5.09. The quantitative estimate of drug-likeness (QED) is 0.412. The lowest BCUT2D eigenvalue weighted by atomic mass is 10.2. The van der Waals surface area contributed by atoms with Crippen molar-refractivity contribution in [1.82, 2.24) is 24.5 Å². The number of imidazole rings is 1. The summed E-state index contributed by atoms with van der Waals surface area (Å²) in [6, 6.07) is 7.77. The van der Waals surface area contributed by atoms with Crippen molar-refractivity contribution in [3.05, 3.63) is 42.1 Å². The van der Waals surface area contributed by atoms with Crippen LogP contribution in [-0.4, -0.2) is 50.7 Å². The van der Waals surface area contributed by atoms with Crippen molar-refractivity contribution in [3.8, 4) is 0 Å². The monoisotopic (exact) mass is 399 g/mol. The second-order valence-electron chi connectivity index (χ2n) is 6.08. The standard InChI is InChI=1S/C18H18ClN7O2/c1-28-8-7-26-6-5-11-12(3-2-4-13(11)26)23-14(27)9-20-16-15-17(22-10-21-15)25-18(19)24-16/h2-6,10H,7-9H2,1H3,(H,23,27)(H2,20,21,22,24,25). The highest BCUT2D eigenvalue weighted by molar-refractivity contribution is 6.28. The number of amides is 1. The normalized spacial score (nSPS) is 11.2. The van der Waals surface area contributed by atoms with Gasteiger partial charge in [0.1, 0.15) is 5.52 Å². The molecule has 3 aromatic heterocycles. The number of halogens is 1. The van der Waals surface area contributed by atoms with Crippen LogP contribution in [0.1, 0.15) is 0 Å². The Morgan fingerprint density at radius 3 is 3.07 bits per heavy atom. The van der Waals surface area contributed by atoms with Crippen LogP contribution in [0.25, 0.3) is 22.1 Å². The summed E-state index contributed by atoms with van der Waals surface area (Å²) >= 11 is 5.90. The van der Waals surface area contributed by atoms with E-state index in [9.17, 15) is 4.79 Å². The zero-order valence-corrected chi connectivity index (χ0v) is 15.8. The van der Waals surface area contributed by atoms with Gasteiger partial charge < -0.3 is 24.9 Å². The average Bonchev–Trinajstić information content (AvgIpc) is 3.31. The molecule has 0 unspecified atom stereocenters. The molecule has 1 aromatic carbocycles. The van der Waals surface area contributed by atoms with Crippen molar-refractivity contribution in [2.24, 2.45) is 0 Å². The highest BCUT2D eigenvalue weighted by atomic mass is 35.5. The molecular formula is C18H18ClN7O2. The van der Waals surface area contributed by atoms with Crippen LogP contribution in [0.2, 0.25) is 5.28 Å². The van der Waals surface area contributed by atoms with Gasteiger partial charge in [0.05, 0.1) is 30.7 Å². The second-order valence-corrected chi connectivity index (χ2v) is 6.42. The highest BCUT2D eigenvalue weighted by Gasteiger charge is 2.12. The Labute approximate surface area is 165 Å². The van der Waals surface area contributed by atoms with Crippen molar-refractivity contribution < 1.29 is 9.53 Å². The van der Waals surface area contributed by atoms with Crippen molar-refractivity contribution >= 4 is 51.1 Å². The number of nitrogens with one attached hydrogen (secondary N) is 3. The molecule has 1 amide bonds. The van der Waals surface area contributed by atoms with Crippen molar-refractivity contribution in [2.75, 3.05) is 30.9 Å². The van der Waals surface area contributed by atoms with Crippen LogP contribution in [0.15, 0.2) is 36.8 Å². The Morgan fingerprint density at radius 2 is 2.21 bits per heavy atom. The summed E-state index contributed by atoms with van der Waals surface area (Å²) in [6.45, 7) is 1.38. The molecule has 0 saturated heterocycles. The third-order valence-corrected chi connectivity index (χ3v) is 4.47. The molecule has 4 rings (SSSR count). The van der Waals surface area contributed by atoms with E-state index in [0.717, 1.165) is 23.1 Å². The van der Waals surface area contributed by atoms with E-state index < -0.39 is 0 Å². The number of fused-ring (bicyclic) bond motifs is 2. The van der Waals surface area contributed by atoms with Crippen molar-refractivity contribution in [1.29, 1.82) is 0 Å². The molecule has 0 spiro atoms. The number of H-pyrrole nitrogens is 1. The minimum atomic E-state index is -0.209. The molecule has 3 heterocycles. The van der Waals surface area contributed by atoms with E-state index in [-0.39, 0.29) is 17.7 Å². The summed E-state index contributed by atoms with van der Waals surface area (Å²) in [5, 5.41) is 6.93. The van der Waals surface area contributed by atoms with Gasteiger partial charge in [-0.15, -0.1) is 0 Å². The van der Waals surface area contributed by atoms with E-state index in [1.54, 1.807) is 7.11 Å². The minimum absolute atomic E-state index is 0.0161. The van der Waals surface area contributed by atoms with E-state index >= 15 is 0 Å². The fourth-order valence-electron chi connectivity index (χ4n) is 3.01. The van der Waals surface area contributed by atoms with Gasteiger partial charge in [0, 0.05) is 25.2 Å². The minimum Gasteiger partial charge on any atom is -0.383 e. The van der Waals surface area contributed by atoms with Crippen LogP contribution in [0, 0.1) is 0 Å². The lowest BCUT2D eigenvalue weighted by molar-refractivity contribution is -0.114. The Hall–Kier alpha value is -3.17. The van der Waals surface area contributed by atoms with E-state index in [2.05, 4.69) is 35.1 Å². The topological polar surface area (TPSA) is 110 Å². The molecule has 144 valence electrons. The second kappa shape index (κ2) is 7.83. The molecule has 0 aliphatic heterocycles. The number of hydrogen-bond acceptors (Lipinski definition) is 6. The molecule has 9 nitrogen and oxygen atoms in total. The van der Waals surface area contributed by atoms with Gasteiger partial charge in [-0.25, -0.2) is 4.98 Å². The number of carbonyl (C=O) groups excluding carboxylic acids is 1. The molecule has 28 heavy (non-hydrogen) atoms. The lowest BCUT2D eigenvalue weighted by Crippen LogP contribution is -2.22. The first-order valence-corrected chi connectivity index (χ1v) is 9.00. The van der Waals surface area contributed by atoms with E-state index in [4.69, 9.17) is 16.3 Å². The number of methoxy groups -OCH3 is 1. The summed E-state index contributed by atoms with van der Waals surface area (Å²) in [7, 11) is 1.67. The average molecular weight is 400 g/mol. The maximum absolute atomic E-state index is 12.5. The molecule has 0 saturated carbocycles. The lowest BCUT2D eigenvalue weighted by Gasteiger charge is -2.10. The predicted molar refractivity (Wildman–Crippen MR) is 108 cm³/mol. The third-order valence-electron chi connectivity index (χ3n) is 4.30. The molecule has 0 atom stereocenters. The molecule has 4 aromatic rings. The number of anilines is 2. The van der Waals surface area contributed by atoms with Crippen LogP contribution in [0.5, 0.6) is 0 Å². The summed E-state index contributed by atoms with van der Waals surface area (Å²) in [5.41, 5.74) is 2.80. The fraction of sp³-hybridized carbons (Fsp3) is 0.222. The van der Waals surface area contributed by atoms with Gasteiger partial charge in [0.25, 0.3) is 0 Å². The van der Waals surface area contributed by atoms with Gasteiger partial charge in [-0.1, -0.05) is 6.07 Å². The molecule has 0 aliphatic rings. The first-order chi connectivity index (χ1) is 13.7.